The molecule has 1 amide bonds. The Bertz CT molecular complexity index is 714. The number of hydrogen-bond donors (Lipinski definition) is 2. The van der Waals surface area contributed by atoms with Crippen molar-refractivity contribution < 1.29 is 19.7 Å². The SMILES string of the molecule is O=C(O)N1CCC(c2ncnc3cc(OCCCO)ccc23)CC1. The molecular formula is C17H21N3O4. The molecule has 7 nitrogen and oxygen atoms in total. The first-order valence-electron chi connectivity index (χ1n) is 8.15. The van der Waals surface area contributed by atoms with E-state index >= 15 is 0 Å². The van der Waals surface area contributed by atoms with E-state index in [1.807, 2.05) is 18.2 Å². The predicted molar refractivity (Wildman–Crippen MR) is 88.3 cm³/mol. The van der Waals surface area contributed by atoms with Gasteiger partial charge in [-0.25, -0.2) is 14.8 Å². The van der Waals surface area contributed by atoms with Gasteiger partial charge in [0.1, 0.15) is 12.1 Å². The van der Waals surface area contributed by atoms with E-state index in [-0.39, 0.29) is 12.5 Å². The first-order chi connectivity index (χ1) is 11.7. The third-order valence-corrected chi connectivity index (χ3v) is 4.36. The van der Waals surface area contributed by atoms with E-state index < -0.39 is 6.09 Å². The van der Waals surface area contributed by atoms with Crippen molar-refractivity contribution in [3.63, 3.8) is 0 Å². The van der Waals surface area contributed by atoms with Crippen LogP contribution in [0.1, 0.15) is 30.9 Å². The largest absolute Gasteiger partial charge is 0.493 e. The second-order valence-electron chi connectivity index (χ2n) is 5.91. The van der Waals surface area contributed by atoms with Gasteiger partial charge in [-0.05, 0) is 25.0 Å². The van der Waals surface area contributed by atoms with Crippen LogP contribution in [0.3, 0.4) is 0 Å². The van der Waals surface area contributed by atoms with E-state index in [0.29, 0.717) is 26.1 Å². The van der Waals surface area contributed by atoms with Crippen LogP contribution < -0.4 is 4.74 Å². The van der Waals surface area contributed by atoms with Crippen molar-refractivity contribution in [3.8, 4) is 5.75 Å². The molecule has 1 aliphatic rings. The second kappa shape index (κ2) is 7.44. The van der Waals surface area contributed by atoms with Crippen molar-refractivity contribution in [2.75, 3.05) is 26.3 Å². The van der Waals surface area contributed by atoms with Crippen LogP contribution in [-0.4, -0.2) is 57.5 Å². The molecule has 0 aliphatic carbocycles. The van der Waals surface area contributed by atoms with Crippen LogP contribution in [0.15, 0.2) is 24.5 Å². The van der Waals surface area contributed by atoms with Crippen LogP contribution in [0.5, 0.6) is 5.75 Å². The quantitative estimate of drug-likeness (QED) is 0.816. The van der Waals surface area contributed by atoms with Gasteiger partial charge in [-0.1, -0.05) is 0 Å². The number of hydrogen-bond acceptors (Lipinski definition) is 5. The zero-order chi connectivity index (χ0) is 16.9. The van der Waals surface area contributed by atoms with Crippen molar-refractivity contribution in [1.29, 1.82) is 0 Å². The van der Waals surface area contributed by atoms with Crippen molar-refractivity contribution in [2.24, 2.45) is 0 Å². The van der Waals surface area contributed by atoms with Gasteiger partial charge in [-0.15, -0.1) is 0 Å². The van der Waals surface area contributed by atoms with Crippen molar-refractivity contribution in [1.82, 2.24) is 14.9 Å². The van der Waals surface area contributed by atoms with Gasteiger partial charge in [-0.2, -0.15) is 0 Å². The topological polar surface area (TPSA) is 95.8 Å². The lowest BCUT2D eigenvalue weighted by Crippen LogP contribution is -2.37. The Morgan fingerprint density at radius 2 is 2.08 bits per heavy atom. The molecule has 0 unspecified atom stereocenters. The fraction of sp³-hybridized carbons (Fsp3) is 0.471. The Balaban J connectivity index is 1.78. The summed E-state index contributed by atoms with van der Waals surface area (Å²) in [6.07, 6.45) is 2.83. The molecule has 7 heteroatoms. The summed E-state index contributed by atoms with van der Waals surface area (Å²) in [6, 6.07) is 5.73. The Morgan fingerprint density at radius 3 is 2.79 bits per heavy atom. The van der Waals surface area contributed by atoms with Gasteiger partial charge in [0.15, 0.2) is 0 Å². The van der Waals surface area contributed by atoms with Gasteiger partial charge in [0, 0.05) is 43.5 Å². The molecule has 3 rings (SSSR count). The number of benzene rings is 1. The number of piperidine rings is 1. The van der Waals surface area contributed by atoms with Crippen molar-refractivity contribution in [3.05, 3.63) is 30.2 Å². The molecule has 2 N–H and O–H groups in total. The summed E-state index contributed by atoms with van der Waals surface area (Å²) >= 11 is 0. The number of fused-ring (bicyclic) bond motifs is 1. The van der Waals surface area contributed by atoms with Crippen LogP contribution in [0.2, 0.25) is 0 Å². The number of aliphatic hydroxyl groups is 1. The average molecular weight is 331 g/mol. The number of aliphatic hydroxyl groups excluding tert-OH is 1. The van der Waals surface area contributed by atoms with E-state index in [2.05, 4.69) is 9.97 Å². The molecule has 2 aromatic rings. The number of carbonyl (C=O) groups is 1. The molecule has 0 spiro atoms. The van der Waals surface area contributed by atoms with Crippen LogP contribution in [0.4, 0.5) is 4.79 Å². The molecule has 2 heterocycles. The third-order valence-electron chi connectivity index (χ3n) is 4.36. The number of nitrogens with zero attached hydrogens (tertiary/aromatic N) is 3. The van der Waals surface area contributed by atoms with Crippen LogP contribution in [0.25, 0.3) is 10.9 Å². The highest BCUT2D eigenvalue weighted by Gasteiger charge is 2.25. The van der Waals surface area contributed by atoms with E-state index in [1.165, 1.54) is 4.90 Å². The second-order valence-corrected chi connectivity index (χ2v) is 5.91. The first kappa shape index (κ1) is 16.4. The third kappa shape index (κ3) is 3.56. The van der Waals surface area contributed by atoms with Crippen molar-refractivity contribution in [2.45, 2.75) is 25.2 Å². The van der Waals surface area contributed by atoms with Gasteiger partial charge in [0.05, 0.1) is 17.8 Å². The first-order valence-corrected chi connectivity index (χ1v) is 8.15. The molecule has 128 valence electrons. The maximum Gasteiger partial charge on any atom is 0.407 e. The molecule has 0 saturated carbocycles. The average Bonchev–Trinajstić information content (AvgIpc) is 2.61. The Labute approximate surface area is 139 Å². The smallest absolute Gasteiger partial charge is 0.407 e. The Kier molecular flexibility index (Phi) is 5.10. The molecule has 1 fully saturated rings. The molecule has 0 radical (unpaired) electrons. The fourth-order valence-corrected chi connectivity index (χ4v) is 3.07. The normalized spacial score (nSPS) is 15.6. The summed E-state index contributed by atoms with van der Waals surface area (Å²) in [6.45, 7) is 1.64. The minimum absolute atomic E-state index is 0.106. The minimum Gasteiger partial charge on any atom is -0.493 e. The number of likely N-dealkylation sites (tertiary alicyclic amines) is 1. The standard InChI is InChI=1S/C17H21N3O4/c21-8-1-9-24-13-2-3-14-15(10-13)18-11-19-16(14)12-4-6-20(7-5-12)17(22)23/h2-3,10-12,21H,1,4-9H2,(H,22,23). The number of rotatable bonds is 5. The Hall–Kier alpha value is -2.41. The van der Waals surface area contributed by atoms with E-state index in [0.717, 1.165) is 35.2 Å². The zero-order valence-electron chi connectivity index (χ0n) is 13.4. The number of amides is 1. The van der Waals surface area contributed by atoms with Gasteiger partial charge in [0.2, 0.25) is 0 Å². The molecule has 0 bridgehead atoms. The number of ether oxygens (including phenoxy) is 1. The molecule has 0 atom stereocenters. The predicted octanol–water partition coefficient (Wildman–Crippen LogP) is 2.25. The fourth-order valence-electron chi connectivity index (χ4n) is 3.07. The van der Waals surface area contributed by atoms with Gasteiger partial charge in [-0.3, -0.25) is 0 Å². The monoisotopic (exact) mass is 331 g/mol. The lowest BCUT2D eigenvalue weighted by Gasteiger charge is -2.30. The summed E-state index contributed by atoms with van der Waals surface area (Å²) in [7, 11) is 0. The van der Waals surface area contributed by atoms with Gasteiger partial charge in [0.25, 0.3) is 0 Å². The molecule has 1 saturated heterocycles. The lowest BCUT2D eigenvalue weighted by atomic mass is 9.91. The summed E-state index contributed by atoms with van der Waals surface area (Å²) in [5.41, 5.74) is 1.80. The van der Waals surface area contributed by atoms with E-state index in [4.69, 9.17) is 14.9 Å². The van der Waals surface area contributed by atoms with Crippen LogP contribution in [0, 0.1) is 0 Å². The molecule has 1 aliphatic heterocycles. The maximum atomic E-state index is 11.0. The molecule has 24 heavy (non-hydrogen) atoms. The van der Waals surface area contributed by atoms with E-state index in [1.54, 1.807) is 6.33 Å². The summed E-state index contributed by atoms with van der Waals surface area (Å²) in [5.74, 6) is 0.966. The Morgan fingerprint density at radius 1 is 1.29 bits per heavy atom. The summed E-state index contributed by atoms with van der Waals surface area (Å²) in [5, 5.41) is 18.9. The molecule has 1 aromatic carbocycles. The highest BCUT2D eigenvalue weighted by atomic mass is 16.5. The summed E-state index contributed by atoms with van der Waals surface area (Å²) < 4.78 is 5.59. The van der Waals surface area contributed by atoms with Crippen molar-refractivity contribution >= 4 is 17.0 Å². The number of carboxylic acid groups (broad SMARTS) is 1. The maximum absolute atomic E-state index is 11.0. The van der Waals surface area contributed by atoms with Gasteiger partial charge >= 0.3 is 6.09 Å². The van der Waals surface area contributed by atoms with Crippen LogP contribution in [-0.2, 0) is 0 Å². The number of aromatic nitrogens is 2. The summed E-state index contributed by atoms with van der Waals surface area (Å²) in [4.78, 5) is 21.3. The lowest BCUT2D eigenvalue weighted by molar-refractivity contribution is 0.132. The molecule has 1 aromatic heterocycles. The van der Waals surface area contributed by atoms with Crippen LogP contribution >= 0.6 is 0 Å². The molecular weight excluding hydrogens is 310 g/mol. The van der Waals surface area contributed by atoms with E-state index in [9.17, 15) is 4.79 Å². The highest BCUT2D eigenvalue weighted by Crippen LogP contribution is 2.32. The minimum atomic E-state index is -0.856. The zero-order valence-corrected chi connectivity index (χ0v) is 13.4. The van der Waals surface area contributed by atoms with Gasteiger partial charge < -0.3 is 19.8 Å². The highest BCUT2D eigenvalue weighted by molar-refractivity contribution is 5.82.